The zero-order chi connectivity index (χ0) is 15.0. The standard InChI is InChI=1S/C15H23N3O2S/c1-18-12-5-4-6-13(18)10-11(9-12)17-21(19,20)15-8-3-2-7-14(15)16/h2-3,7-8,11-13,17H,4-6,9-10,16H2,1H3. The monoisotopic (exact) mass is 309 g/mol. The zero-order valence-electron chi connectivity index (χ0n) is 12.3. The number of para-hydroxylation sites is 1. The van der Waals surface area contributed by atoms with Gasteiger partial charge in [-0.25, -0.2) is 13.1 Å². The quantitative estimate of drug-likeness (QED) is 0.831. The van der Waals surface area contributed by atoms with Gasteiger partial charge >= 0.3 is 0 Å². The molecule has 0 aromatic heterocycles. The topological polar surface area (TPSA) is 75.4 Å². The molecule has 116 valence electrons. The maximum Gasteiger partial charge on any atom is 0.242 e. The van der Waals surface area contributed by atoms with Crippen molar-refractivity contribution in [3.63, 3.8) is 0 Å². The van der Waals surface area contributed by atoms with Gasteiger partial charge in [-0.2, -0.15) is 0 Å². The first-order chi connectivity index (χ1) is 9.97. The number of nitrogens with zero attached hydrogens (tertiary/aromatic N) is 1. The van der Waals surface area contributed by atoms with Gasteiger partial charge < -0.3 is 10.6 Å². The largest absolute Gasteiger partial charge is 0.398 e. The highest BCUT2D eigenvalue weighted by Gasteiger charge is 2.37. The summed E-state index contributed by atoms with van der Waals surface area (Å²) in [6, 6.07) is 7.64. The van der Waals surface area contributed by atoms with E-state index < -0.39 is 10.0 Å². The number of benzene rings is 1. The second kappa shape index (κ2) is 5.59. The molecule has 2 atom stereocenters. The second-order valence-electron chi connectivity index (χ2n) is 6.23. The molecule has 2 saturated heterocycles. The minimum Gasteiger partial charge on any atom is -0.398 e. The Morgan fingerprint density at radius 1 is 1.19 bits per heavy atom. The molecule has 21 heavy (non-hydrogen) atoms. The van der Waals surface area contributed by atoms with Gasteiger partial charge in [0.15, 0.2) is 0 Å². The normalized spacial score (nSPS) is 30.2. The maximum absolute atomic E-state index is 12.5. The second-order valence-corrected chi connectivity index (χ2v) is 7.91. The summed E-state index contributed by atoms with van der Waals surface area (Å²) in [5.41, 5.74) is 6.10. The van der Waals surface area contributed by atoms with Gasteiger partial charge in [0.2, 0.25) is 10.0 Å². The Balaban J connectivity index is 1.76. The van der Waals surface area contributed by atoms with Crippen LogP contribution in [0, 0.1) is 0 Å². The van der Waals surface area contributed by atoms with Crippen LogP contribution in [0.4, 0.5) is 5.69 Å². The predicted molar refractivity (Wildman–Crippen MR) is 83.4 cm³/mol. The first-order valence-electron chi connectivity index (χ1n) is 7.56. The van der Waals surface area contributed by atoms with Crippen LogP contribution in [0.2, 0.25) is 0 Å². The van der Waals surface area contributed by atoms with Crippen molar-refractivity contribution in [1.29, 1.82) is 0 Å². The molecule has 2 aliphatic rings. The summed E-state index contributed by atoms with van der Waals surface area (Å²) in [4.78, 5) is 2.61. The number of anilines is 1. The first kappa shape index (κ1) is 14.8. The average Bonchev–Trinajstić information content (AvgIpc) is 2.40. The lowest BCUT2D eigenvalue weighted by molar-refractivity contribution is 0.0536. The van der Waals surface area contributed by atoms with E-state index >= 15 is 0 Å². The van der Waals surface area contributed by atoms with E-state index in [9.17, 15) is 8.42 Å². The molecule has 0 spiro atoms. The molecule has 6 heteroatoms. The molecule has 0 aliphatic carbocycles. The Morgan fingerprint density at radius 2 is 1.81 bits per heavy atom. The molecule has 1 aromatic rings. The molecule has 0 amide bonds. The first-order valence-corrected chi connectivity index (χ1v) is 9.04. The molecule has 1 aromatic carbocycles. The SMILES string of the molecule is CN1C2CCCC1CC(NS(=O)(=O)c1ccccc1N)C2. The number of nitrogen functional groups attached to an aromatic ring is 1. The number of hydrogen-bond donors (Lipinski definition) is 2. The van der Waals surface area contributed by atoms with Gasteiger partial charge in [0.25, 0.3) is 0 Å². The van der Waals surface area contributed by atoms with E-state index in [1.165, 1.54) is 19.3 Å². The summed E-state index contributed by atoms with van der Waals surface area (Å²) in [6.45, 7) is 0. The van der Waals surface area contributed by atoms with Crippen molar-refractivity contribution in [3.8, 4) is 0 Å². The van der Waals surface area contributed by atoms with Crippen molar-refractivity contribution in [2.75, 3.05) is 12.8 Å². The summed E-state index contributed by atoms with van der Waals surface area (Å²) in [7, 11) is -1.37. The van der Waals surface area contributed by atoms with Gasteiger partial charge in [-0.15, -0.1) is 0 Å². The predicted octanol–water partition coefficient (Wildman–Crippen LogP) is 1.56. The van der Waals surface area contributed by atoms with E-state index in [-0.39, 0.29) is 10.9 Å². The molecule has 0 saturated carbocycles. The lowest BCUT2D eigenvalue weighted by atomic mass is 9.83. The van der Waals surface area contributed by atoms with E-state index in [1.54, 1.807) is 24.3 Å². The molecule has 3 rings (SSSR count). The van der Waals surface area contributed by atoms with Gasteiger partial charge in [-0.1, -0.05) is 18.6 Å². The average molecular weight is 309 g/mol. The molecule has 2 fully saturated rings. The lowest BCUT2D eigenvalue weighted by Crippen LogP contribution is -2.55. The summed E-state index contributed by atoms with van der Waals surface area (Å²) in [5, 5.41) is 0. The van der Waals surface area contributed by atoms with Crippen LogP contribution in [0.25, 0.3) is 0 Å². The fourth-order valence-electron chi connectivity index (χ4n) is 3.72. The Labute approximate surface area is 126 Å². The van der Waals surface area contributed by atoms with Crippen LogP contribution in [0.3, 0.4) is 0 Å². The summed E-state index contributed by atoms with van der Waals surface area (Å²) >= 11 is 0. The van der Waals surface area contributed by atoms with Crippen molar-refractivity contribution in [2.45, 2.75) is 55.1 Å². The molecular formula is C15H23N3O2S. The molecular weight excluding hydrogens is 286 g/mol. The maximum atomic E-state index is 12.5. The highest BCUT2D eigenvalue weighted by molar-refractivity contribution is 7.89. The number of nitrogens with one attached hydrogen (secondary N) is 1. The Hall–Kier alpha value is -1.11. The lowest BCUT2D eigenvalue weighted by Gasteiger charge is -2.47. The van der Waals surface area contributed by atoms with Gasteiger partial charge in [0.1, 0.15) is 4.90 Å². The molecule has 2 bridgehead atoms. The van der Waals surface area contributed by atoms with E-state index in [0.717, 1.165) is 12.8 Å². The Kier molecular flexibility index (Phi) is 3.94. The van der Waals surface area contributed by atoms with Gasteiger partial charge in [-0.3, -0.25) is 0 Å². The molecule has 3 N–H and O–H groups in total. The number of piperidine rings is 2. The third-order valence-corrected chi connectivity index (χ3v) is 6.46. The molecule has 2 unspecified atom stereocenters. The van der Waals surface area contributed by atoms with E-state index in [0.29, 0.717) is 17.8 Å². The third kappa shape index (κ3) is 2.93. The van der Waals surface area contributed by atoms with Gasteiger partial charge in [0.05, 0.1) is 5.69 Å². The van der Waals surface area contributed by atoms with E-state index in [2.05, 4.69) is 16.7 Å². The van der Waals surface area contributed by atoms with Crippen molar-refractivity contribution in [1.82, 2.24) is 9.62 Å². The highest BCUT2D eigenvalue weighted by Crippen LogP contribution is 2.33. The van der Waals surface area contributed by atoms with Gasteiger partial charge in [0, 0.05) is 18.1 Å². The van der Waals surface area contributed by atoms with Crippen molar-refractivity contribution in [2.24, 2.45) is 0 Å². The summed E-state index contributed by atoms with van der Waals surface area (Å²) in [6.07, 6.45) is 5.36. The van der Waals surface area contributed by atoms with Crippen molar-refractivity contribution in [3.05, 3.63) is 24.3 Å². The number of rotatable bonds is 3. The number of hydrogen-bond acceptors (Lipinski definition) is 4. The van der Waals surface area contributed by atoms with E-state index in [4.69, 9.17) is 5.73 Å². The van der Waals surface area contributed by atoms with Crippen molar-refractivity contribution < 1.29 is 8.42 Å². The minimum absolute atomic E-state index is 0.0149. The van der Waals surface area contributed by atoms with Crippen LogP contribution in [-0.2, 0) is 10.0 Å². The Bertz CT molecular complexity index is 603. The fraction of sp³-hybridized carbons (Fsp3) is 0.600. The fourth-order valence-corrected chi connectivity index (χ4v) is 5.11. The highest BCUT2D eigenvalue weighted by atomic mass is 32.2. The third-order valence-electron chi connectivity index (χ3n) is 4.87. The molecule has 2 heterocycles. The summed E-state index contributed by atoms with van der Waals surface area (Å²) in [5.74, 6) is 0. The van der Waals surface area contributed by atoms with Crippen molar-refractivity contribution >= 4 is 15.7 Å². The number of fused-ring (bicyclic) bond motifs is 2. The molecule has 0 radical (unpaired) electrons. The smallest absolute Gasteiger partial charge is 0.242 e. The number of nitrogens with two attached hydrogens (primary N) is 1. The van der Waals surface area contributed by atoms with Gasteiger partial charge in [-0.05, 0) is 44.9 Å². The molecule has 5 nitrogen and oxygen atoms in total. The van der Waals surface area contributed by atoms with Crippen LogP contribution in [0.15, 0.2) is 29.2 Å². The summed E-state index contributed by atoms with van der Waals surface area (Å²) < 4.78 is 27.9. The minimum atomic E-state index is -3.53. The van der Waals surface area contributed by atoms with Crippen LogP contribution >= 0.6 is 0 Å². The van der Waals surface area contributed by atoms with Crippen LogP contribution in [0.5, 0.6) is 0 Å². The van der Waals surface area contributed by atoms with Crippen LogP contribution in [0.1, 0.15) is 32.1 Å². The van der Waals surface area contributed by atoms with Crippen LogP contribution < -0.4 is 10.5 Å². The molecule has 2 aliphatic heterocycles. The zero-order valence-corrected chi connectivity index (χ0v) is 13.1. The van der Waals surface area contributed by atoms with Crippen LogP contribution in [-0.4, -0.2) is 38.5 Å². The van der Waals surface area contributed by atoms with E-state index in [1.807, 2.05) is 0 Å². The number of sulfonamides is 1. The Morgan fingerprint density at radius 3 is 2.43 bits per heavy atom.